The monoisotopic (exact) mass is 303 g/mol. The molecule has 0 amide bonds. The van der Waals surface area contributed by atoms with Crippen molar-refractivity contribution in [3.05, 3.63) is 53.8 Å². The van der Waals surface area contributed by atoms with Gasteiger partial charge in [-0.2, -0.15) is 0 Å². The van der Waals surface area contributed by atoms with E-state index in [9.17, 15) is 9.18 Å². The van der Waals surface area contributed by atoms with Crippen molar-refractivity contribution in [1.29, 1.82) is 0 Å². The number of Topliss-reactive ketones (excluding diaryl/α,β-unsaturated/α-hetero) is 1. The van der Waals surface area contributed by atoms with Gasteiger partial charge in [-0.15, -0.1) is 11.3 Å². The number of fused-ring (bicyclic) bond motifs is 1. The van der Waals surface area contributed by atoms with Gasteiger partial charge in [-0.25, -0.2) is 9.37 Å². The van der Waals surface area contributed by atoms with Crippen molar-refractivity contribution in [3.8, 4) is 0 Å². The van der Waals surface area contributed by atoms with Gasteiger partial charge in [0.15, 0.2) is 10.1 Å². The number of para-hydroxylation sites is 1. The summed E-state index contributed by atoms with van der Waals surface area (Å²) in [6.45, 7) is 1.43. The zero-order valence-corrected chi connectivity index (χ0v) is 12.2. The molecule has 0 unspecified atom stereocenters. The Bertz CT molecular complexity index is 764. The molecular weight excluding hydrogens is 293 g/mol. The summed E-state index contributed by atoms with van der Waals surface area (Å²) in [7, 11) is 0. The van der Waals surface area contributed by atoms with Crippen molar-refractivity contribution in [2.24, 2.45) is 0 Å². The Hall–Kier alpha value is -1.72. The lowest BCUT2D eigenvalue weighted by molar-refractivity contribution is 0.101. The minimum absolute atomic E-state index is 0.138. The average molecular weight is 303 g/mol. The zero-order valence-electron chi connectivity index (χ0n) is 10.6. The summed E-state index contributed by atoms with van der Waals surface area (Å²) in [5.74, 6) is -0.526. The first-order valence-electron chi connectivity index (χ1n) is 5.97. The number of hydrogen-bond acceptors (Lipinski definition) is 4. The van der Waals surface area contributed by atoms with Crippen molar-refractivity contribution in [3.63, 3.8) is 0 Å². The van der Waals surface area contributed by atoms with Crippen LogP contribution in [0.25, 0.3) is 10.2 Å². The third-order valence-electron chi connectivity index (χ3n) is 2.81. The standard InChI is InChI=1S/C15H10FNOS2/c1-9(18)10-6-7-13(11(16)8-10)19-15-17-12-4-2-3-5-14(12)20-15/h2-8H,1H3. The number of carbonyl (C=O) groups is 1. The van der Waals surface area contributed by atoms with Gasteiger partial charge in [-0.1, -0.05) is 30.0 Å². The number of nitrogens with zero attached hydrogens (tertiary/aromatic N) is 1. The highest BCUT2D eigenvalue weighted by molar-refractivity contribution is 8.01. The van der Waals surface area contributed by atoms with Crippen LogP contribution in [0.1, 0.15) is 17.3 Å². The molecule has 3 rings (SSSR count). The lowest BCUT2D eigenvalue weighted by atomic mass is 10.1. The third kappa shape index (κ3) is 2.59. The lowest BCUT2D eigenvalue weighted by Crippen LogP contribution is -1.93. The number of hydrogen-bond donors (Lipinski definition) is 0. The molecule has 0 radical (unpaired) electrons. The first kappa shape index (κ1) is 13.3. The number of ketones is 1. The van der Waals surface area contributed by atoms with E-state index in [0.717, 1.165) is 14.6 Å². The summed E-state index contributed by atoms with van der Waals surface area (Å²) in [4.78, 5) is 16.1. The molecule has 0 aliphatic carbocycles. The maximum atomic E-state index is 14.0. The van der Waals surface area contributed by atoms with Crippen molar-refractivity contribution < 1.29 is 9.18 Å². The first-order valence-corrected chi connectivity index (χ1v) is 7.61. The predicted octanol–water partition coefficient (Wildman–Crippen LogP) is 4.79. The average Bonchev–Trinajstić information content (AvgIpc) is 2.83. The fraction of sp³-hybridized carbons (Fsp3) is 0.0667. The molecule has 5 heteroatoms. The van der Waals surface area contributed by atoms with Crippen molar-refractivity contribution in [2.45, 2.75) is 16.2 Å². The Morgan fingerprint density at radius 2 is 2.05 bits per heavy atom. The van der Waals surface area contributed by atoms with Gasteiger partial charge in [-0.05, 0) is 31.2 Å². The molecule has 20 heavy (non-hydrogen) atoms. The molecule has 0 fully saturated rings. The van der Waals surface area contributed by atoms with Crippen molar-refractivity contribution >= 4 is 39.1 Å². The maximum absolute atomic E-state index is 14.0. The van der Waals surface area contributed by atoms with E-state index >= 15 is 0 Å². The molecule has 0 saturated heterocycles. The van der Waals surface area contributed by atoms with E-state index in [1.807, 2.05) is 24.3 Å². The molecule has 3 aromatic rings. The number of carbonyl (C=O) groups excluding carboxylic acids is 1. The molecule has 0 spiro atoms. The largest absolute Gasteiger partial charge is 0.295 e. The van der Waals surface area contributed by atoms with Gasteiger partial charge in [0.2, 0.25) is 0 Å². The second kappa shape index (κ2) is 5.34. The Morgan fingerprint density at radius 3 is 2.75 bits per heavy atom. The van der Waals surface area contributed by atoms with Crippen molar-refractivity contribution in [2.75, 3.05) is 0 Å². The van der Waals surface area contributed by atoms with Crippen LogP contribution >= 0.6 is 23.1 Å². The minimum Gasteiger partial charge on any atom is -0.295 e. The second-order valence-corrected chi connectivity index (χ2v) is 6.57. The molecule has 0 saturated carbocycles. The molecule has 1 aromatic heterocycles. The molecule has 0 bridgehead atoms. The van der Waals surface area contributed by atoms with E-state index in [1.54, 1.807) is 12.1 Å². The van der Waals surface area contributed by atoms with Gasteiger partial charge in [0, 0.05) is 5.56 Å². The molecule has 2 aromatic carbocycles. The fourth-order valence-corrected chi connectivity index (χ4v) is 3.82. The van der Waals surface area contributed by atoms with Gasteiger partial charge in [-0.3, -0.25) is 4.79 Å². The third-order valence-corrected chi connectivity index (χ3v) is 4.96. The number of aromatic nitrogens is 1. The SMILES string of the molecule is CC(=O)c1ccc(Sc2nc3ccccc3s2)c(F)c1. The molecule has 0 aliphatic heterocycles. The summed E-state index contributed by atoms with van der Waals surface area (Å²) in [6.07, 6.45) is 0. The van der Waals surface area contributed by atoms with Gasteiger partial charge in [0.1, 0.15) is 5.82 Å². The molecule has 0 aliphatic rings. The number of halogens is 1. The quantitative estimate of drug-likeness (QED) is 0.652. The second-order valence-electron chi connectivity index (χ2n) is 4.25. The minimum atomic E-state index is -0.387. The lowest BCUT2D eigenvalue weighted by Gasteiger charge is -2.01. The van der Waals surface area contributed by atoms with Gasteiger partial charge < -0.3 is 0 Å². The summed E-state index contributed by atoms with van der Waals surface area (Å²) in [5, 5.41) is 0. The van der Waals surface area contributed by atoms with Crippen LogP contribution in [0.2, 0.25) is 0 Å². The number of rotatable bonds is 3. The van der Waals surface area contributed by atoms with Crippen LogP contribution in [0.15, 0.2) is 51.7 Å². The maximum Gasteiger partial charge on any atom is 0.159 e. The Kier molecular flexibility index (Phi) is 3.54. The Morgan fingerprint density at radius 1 is 1.25 bits per heavy atom. The van der Waals surface area contributed by atoms with E-state index in [4.69, 9.17) is 0 Å². The first-order chi connectivity index (χ1) is 9.63. The number of thiazole rings is 1. The number of benzene rings is 2. The molecule has 0 N–H and O–H groups in total. The van der Waals surface area contributed by atoms with E-state index < -0.39 is 0 Å². The van der Waals surface area contributed by atoms with Gasteiger partial charge in [0.25, 0.3) is 0 Å². The highest BCUT2D eigenvalue weighted by Crippen LogP contribution is 2.35. The van der Waals surface area contributed by atoms with Crippen LogP contribution in [0.4, 0.5) is 4.39 Å². The molecule has 100 valence electrons. The fourth-order valence-electron chi connectivity index (χ4n) is 1.79. The van der Waals surface area contributed by atoms with Crippen LogP contribution in [0.5, 0.6) is 0 Å². The van der Waals surface area contributed by atoms with Gasteiger partial charge in [0.05, 0.1) is 15.1 Å². The van der Waals surface area contributed by atoms with Crippen molar-refractivity contribution in [1.82, 2.24) is 4.98 Å². The topological polar surface area (TPSA) is 30.0 Å². The zero-order chi connectivity index (χ0) is 14.1. The van der Waals surface area contributed by atoms with Gasteiger partial charge >= 0.3 is 0 Å². The summed E-state index contributed by atoms with van der Waals surface area (Å²) >= 11 is 2.81. The normalized spacial score (nSPS) is 10.9. The van der Waals surface area contributed by atoms with E-state index in [-0.39, 0.29) is 11.6 Å². The molecular formula is C15H10FNOS2. The molecule has 1 heterocycles. The Balaban J connectivity index is 1.92. The van der Waals surface area contributed by atoms with Crippen LogP contribution in [0.3, 0.4) is 0 Å². The predicted molar refractivity (Wildman–Crippen MR) is 80.1 cm³/mol. The van der Waals surface area contributed by atoms with Crippen LogP contribution < -0.4 is 0 Å². The smallest absolute Gasteiger partial charge is 0.159 e. The van der Waals surface area contributed by atoms with E-state index in [1.165, 1.54) is 36.1 Å². The highest BCUT2D eigenvalue weighted by atomic mass is 32.2. The summed E-state index contributed by atoms with van der Waals surface area (Å²) in [6, 6.07) is 12.4. The molecule has 2 nitrogen and oxygen atoms in total. The van der Waals surface area contributed by atoms with Crippen LogP contribution in [-0.4, -0.2) is 10.8 Å². The highest BCUT2D eigenvalue weighted by Gasteiger charge is 2.10. The van der Waals surface area contributed by atoms with E-state index in [0.29, 0.717) is 10.5 Å². The summed E-state index contributed by atoms with van der Waals surface area (Å²) in [5.41, 5.74) is 1.30. The molecule has 0 atom stereocenters. The van der Waals surface area contributed by atoms with Crippen LogP contribution in [0, 0.1) is 5.82 Å². The van der Waals surface area contributed by atoms with E-state index in [2.05, 4.69) is 4.98 Å². The Labute approximate surface area is 123 Å². The summed E-state index contributed by atoms with van der Waals surface area (Å²) < 4.78 is 15.8. The van der Waals surface area contributed by atoms with Crippen LogP contribution in [-0.2, 0) is 0 Å².